The average Bonchev–Trinajstić information content (AvgIpc) is 2.44. The summed E-state index contributed by atoms with van der Waals surface area (Å²) in [6.45, 7) is 2.12. The Labute approximate surface area is 126 Å². The lowest BCUT2D eigenvalue weighted by Gasteiger charge is -2.23. The van der Waals surface area contributed by atoms with Gasteiger partial charge in [0, 0.05) is 16.9 Å². The number of halogens is 2. The van der Waals surface area contributed by atoms with Gasteiger partial charge in [-0.15, -0.1) is 0 Å². The van der Waals surface area contributed by atoms with Crippen molar-refractivity contribution in [1.29, 1.82) is 0 Å². The van der Waals surface area contributed by atoms with Crippen LogP contribution in [0.4, 0.5) is 4.39 Å². The third-order valence-corrected chi connectivity index (χ3v) is 4.35. The Balaban J connectivity index is 2.36. The summed E-state index contributed by atoms with van der Waals surface area (Å²) in [4.78, 5) is 0. The van der Waals surface area contributed by atoms with Gasteiger partial charge in [0.15, 0.2) is 0 Å². The molecule has 20 heavy (non-hydrogen) atoms. The van der Waals surface area contributed by atoms with E-state index in [4.69, 9.17) is 5.73 Å². The highest BCUT2D eigenvalue weighted by molar-refractivity contribution is 9.10. The number of nitrogens with two attached hydrogens (primary N) is 1. The molecule has 0 saturated heterocycles. The maximum absolute atomic E-state index is 13.9. The molecule has 0 aliphatic rings. The van der Waals surface area contributed by atoms with Crippen LogP contribution in [-0.4, -0.2) is 11.7 Å². The van der Waals surface area contributed by atoms with E-state index >= 15 is 0 Å². The summed E-state index contributed by atoms with van der Waals surface area (Å²) < 4.78 is 14.8. The standard InChI is InChI=1S/C16H17BrFNO/c1-10-8-11(6-7-14(10)17)16(20)13(9-19)12-4-2-3-5-15(12)18/h2-8,13,16,20H,9,19H2,1H3. The Morgan fingerprint density at radius 1 is 1.25 bits per heavy atom. The SMILES string of the molecule is Cc1cc(C(O)C(CN)c2ccccc2F)ccc1Br. The fourth-order valence-electron chi connectivity index (χ4n) is 2.29. The normalized spacial score (nSPS) is 14.1. The first-order valence-corrected chi connectivity index (χ1v) is 7.22. The van der Waals surface area contributed by atoms with Crippen LogP contribution in [0.25, 0.3) is 0 Å². The van der Waals surface area contributed by atoms with E-state index in [1.165, 1.54) is 6.07 Å². The second-order valence-electron chi connectivity index (χ2n) is 4.82. The molecule has 0 aliphatic heterocycles. The minimum Gasteiger partial charge on any atom is -0.388 e. The molecule has 0 saturated carbocycles. The van der Waals surface area contributed by atoms with Gasteiger partial charge in [0.2, 0.25) is 0 Å². The molecular formula is C16H17BrFNO. The molecule has 106 valence electrons. The molecule has 0 aromatic heterocycles. The Morgan fingerprint density at radius 3 is 2.55 bits per heavy atom. The highest BCUT2D eigenvalue weighted by atomic mass is 79.9. The highest BCUT2D eigenvalue weighted by Crippen LogP contribution is 2.33. The minimum absolute atomic E-state index is 0.178. The van der Waals surface area contributed by atoms with Crippen LogP contribution in [0.5, 0.6) is 0 Å². The van der Waals surface area contributed by atoms with Crippen LogP contribution in [0, 0.1) is 12.7 Å². The fraction of sp³-hybridized carbons (Fsp3) is 0.250. The van der Waals surface area contributed by atoms with Gasteiger partial charge < -0.3 is 10.8 Å². The first-order valence-electron chi connectivity index (χ1n) is 6.43. The number of hydrogen-bond donors (Lipinski definition) is 2. The van der Waals surface area contributed by atoms with Crippen LogP contribution in [0.3, 0.4) is 0 Å². The zero-order valence-electron chi connectivity index (χ0n) is 11.2. The lowest BCUT2D eigenvalue weighted by molar-refractivity contribution is 0.145. The van der Waals surface area contributed by atoms with Gasteiger partial charge in [0.1, 0.15) is 5.82 Å². The summed E-state index contributed by atoms with van der Waals surface area (Å²) in [5.41, 5.74) is 7.95. The van der Waals surface area contributed by atoms with Gasteiger partial charge in [-0.1, -0.05) is 46.3 Å². The summed E-state index contributed by atoms with van der Waals surface area (Å²) in [7, 11) is 0. The van der Waals surface area contributed by atoms with Crippen LogP contribution >= 0.6 is 15.9 Å². The van der Waals surface area contributed by atoms with E-state index in [1.54, 1.807) is 18.2 Å². The van der Waals surface area contributed by atoms with Crippen molar-refractivity contribution in [2.45, 2.75) is 18.9 Å². The smallest absolute Gasteiger partial charge is 0.126 e. The number of aliphatic hydroxyl groups is 1. The average molecular weight is 338 g/mol. The summed E-state index contributed by atoms with van der Waals surface area (Å²) in [6.07, 6.45) is -0.830. The van der Waals surface area contributed by atoms with Gasteiger partial charge in [-0.3, -0.25) is 0 Å². The zero-order valence-corrected chi connectivity index (χ0v) is 12.8. The molecule has 2 nitrogen and oxygen atoms in total. The second kappa shape index (κ2) is 6.48. The van der Waals surface area contributed by atoms with Gasteiger partial charge in [0.05, 0.1) is 6.10 Å². The zero-order chi connectivity index (χ0) is 14.7. The Hall–Kier alpha value is -1.23. The quantitative estimate of drug-likeness (QED) is 0.893. The number of hydrogen-bond acceptors (Lipinski definition) is 2. The van der Waals surface area contributed by atoms with E-state index in [9.17, 15) is 9.50 Å². The molecular weight excluding hydrogens is 321 g/mol. The monoisotopic (exact) mass is 337 g/mol. The maximum Gasteiger partial charge on any atom is 0.126 e. The fourth-order valence-corrected chi connectivity index (χ4v) is 2.53. The molecule has 2 unspecified atom stereocenters. The Morgan fingerprint density at radius 2 is 1.95 bits per heavy atom. The van der Waals surface area contributed by atoms with Gasteiger partial charge in [-0.2, -0.15) is 0 Å². The molecule has 0 fully saturated rings. The van der Waals surface area contributed by atoms with Crippen molar-refractivity contribution in [2.24, 2.45) is 5.73 Å². The third kappa shape index (κ3) is 3.08. The molecule has 4 heteroatoms. The van der Waals surface area contributed by atoms with Crippen molar-refractivity contribution >= 4 is 15.9 Å². The molecule has 0 spiro atoms. The summed E-state index contributed by atoms with van der Waals surface area (Å²) in [5.74, 6) is -0.799. The second-order valence-corrected chi connectivity index (χ2v) is 5.67. The molecule has 0 amide bonds. The number of rotatable bonds is 4. The number of benzene rings is 2. The first-order chi connectivity index (χ1) is 9.54. The largest absolute Gasteiger partial charge is 0.388 e. The molecule has 2 atom stereocenters. The predicted molar refractivity (Wildman–Crippen MR) is 82.0 cm³/mol. The van der Waals surface area contributed by atoms with Crippen molar-refractivity contribution in [3.8, 4) is 0 Å². The third-order valence-electron chi connectivity index (χ3n) is 3.46. The lowest BCUT2D eigenvalue weighted by Crippen LogP contribution is -2.21. The molecule has 2 aromatic carbocycles. The summed E-state index contributed by atoms with van der Waals surface area (Å²) in [5, 5.41) is 10.5. The van der Waals surface area contributed by atoms with Crippen molar-refractivity contribution in [3.05, 3.63) is 69.4 Å². The topological polar surface area (TPSA) is 46.2 Å². The summed E-state index contributed by atoms with van der Waals surface area (Å²) in [6, 6.07) is 12.0. The maximum atomic E-state index is 13.9. The van der Waals surface area contributed by atoms with E-state index in [0.29, 0.717) is 5.56 Å². The van der Waals surface area contributed by atoms with Crippen molar-refractivity contribution in [2.75, 3.05) is 6.54 Å². The van der Waals surface area contributed by atoms with E-state index in [0.717, 1.165) is 15.6 Å². The van der Waals surface area contributed by atoms with Crippen molar-refractivity contribution < 1.29 is 9.50 Å². The van der Waals surface area contributed by atoms with Crippen LogP contribution in [0.1, 0.15) is 28.7 Å². The molecule has 2 aromatic rings. The van der Waals surface area contributed by atoms with Gasteiger partial charge in [0.25, 0.3) is 0 Å². The minimum atomic E-state index is -0.830. The molecule has 0 heterocycles. The van der Waals surface area contributed by atoms with Crippen molar-refractivity contribution in [1.82, 2.24) is 0 Å². The molecule has 0 radical (unpaired) electrons. The van der Waals surface area contributed by atoms with Crippen LogP contribution in [-0.2, 0) is 0 Å². The first kappa shape index (κ1) is 15.2. The van der Waals surface area contributed by atoms with Crippen LogP contribution in [0.15, 0.2) is 46.9 Å². The van der Waals surface area contributed by atoms with Crippen molar-refractivity contribution in [3.63, 3.8) is 0 Å². The van der Waals surface area contributed by atoms with Gasteiger partial charge in [-0.25, -0.2) is 4.39 Å². The summed E-state index contributed by atoms with van der Waals surface area (Å²) >= 11 is 3.42. The number of aliphatic hydroxyl groups excluding tert-OH is 1. The van der Waals surface area contributed by atoms with E-state index < -0.39 is 12.0 Å². The highest BCUT2D eigenvalue weighted by Gasteiger charge is 2.24. The molecule has 3 N–H and O–H groups in total. The number of aryl methyl sites for hydroxylation is 1. The van der Waals surface area contributed by atoms with E-state index in [2.05, 4.69) is 15.9 Å². The van der Waals surface area contributed by atoms with Crippen LogP contribution in [0.2, 0.25) is 0 Å². The van der Waals surface area contributed by atoms with Gasteiger partial charge in [-0.05, 0) is 35.7 Å². The lowest BCUT2D eigenvalue weighted by atomic mass is 9.88. The molecule has 0 aliphatic carbocycles. The Kier molecular flexibility index (Phi) is 4.91. The van der Waals surface area contributed by atoms with E-state index in [1.807, 2.05) is 25.1 Å². The predicted octanol–water partition coefficient (Wildman–Crippen LogP) is 3.67. The molecule has 2 rings (SSSR count). The Bertz CT molecular complexity index is 603. The van der Waals surface area contributed by atoms with Crippen LogP contribution < -0.4 is 5.73 Å². The van der Waals surface area contributed by atoms with Gasteiger partial charge >= 0.3 is 0 Å². The van der Waals surface area contributed by atoms with E-state index in [-0.39, 0.29) is 12.4 Å². The molecule has 0 bridgehead atoms.